The van der Waals surface area contributed by atoms with Crippen LogP contribution < -0.4 is 9.47 Å². The van der Waals surface area contributed by atoms with E-state index in [9.17, 15) is 9.59 Å². The molecule has 8 heteroatoms. The van der Waals surface area contributed by atoms with Crippen molar-refractivity contribution in [1.82, 2.24) is 4.98 Å². The highest BCUT2D eigenvalue weighted by atomic mass is 79.9. The number of carboxylic acid groups (broad SMARTS) is 2. The number of ether oxygens (including phenoxy) is 2. The molecular weight excluding hydrogens is 334 g/mol. The minimum atomic E-state index is -1.58. The molecule has 2 N–H and O–H groups in total. The lowest BCUT2D eigenvalue weighted by atomic mass is 10.1. The molecule has 0 saturated carbocycles. The zero-order chi connectivity index (χ0) is 14.9. The molecule has 20 heavy (non-hydrogen) atoms. The van der Waals surface area contributed by atoms with E-state index in [0.29, 0.717) is 15.4 Å². The molecule has 1 aromatic heterocycles. The zero-order valence-electron chi connectivity index (χ0n) is 10.1. The Morgan fingerprint density at radius 2 is 1.75 bits per heavy atom. The summed E-state index contributed by atoms with van der Waals surface area (Å²) in [7, 11) is 0. The van der Waals surface area contributed by atoms with Crippen molar-refractivity contribution in [1.29, 1.82) is 0 Å². The minimum Gasteiger partial charge on any atom is -0.449 e. The van der Waals surface area contributed by atoms with Gasteiger partial charge in [-0.25, -0.2) is 14.6 Å². The molecule has 0 aliphatic carbocycles. The van der Waals surface area contributed by atoms with Gasteiger partial charge in [0.15, 0.2) is 11.5 Å². The van der Waals surface area contributed by atoms with Gasteiger partial charge < -0.3 is 19.7 Å². The van der Waals surface area contributed by atoms with Gasteiger partial charge in [0, 0.05) is 9.86 Å². The maximum atomic E-state index is 10.8. The average Bonchev–Trinajstić information content (AvgIpc) is 2.33. The van der Waals surface area contributed by atoms with Crippen LogP contribution >= 0.6 is 15.9 Å². The molecule has 2 aromatic rings. The molecule has 0 bridgehead atoms. The first-order valence-corrected chi connectivity index (χ1v) is 6.09. The Bertz CT molecular complexity index is 715. The lowest BCUT2D eigenvalue weighted by Gasteiger charge is -2.12. The Labute approximate surface area is 120 Å². The Morgan fingerprint density at radius 1 is 1.15 bits per heavy atom. The highest BCUT2D eigenvalue weighted by Crippen LogP contribution is 2.38. The van der Waals surface area contributed by atoms with Crippen molar-refractivity contribution in [2.75, 3.05) is 0 Å². The lowest BCUT2D eigenvalue weighted by Crippen LogP contribution is -2.10. The molecular formula is C12H8BrNO6. The molecule has 0 amide bonds. The van der Waals surface area contributed by atoms with Crippen molar-refractivity contribution in [3.8, 4) is 11.5 Å². The number of hydrogen-bond acceptors (Lipinski definition) is 5. The number of carbonyl (C=O) groups is 2. The van der Waals surface area contributed by atoms with Gasteiger partial charge in [-0.15, -0.1) is 0 Å². The Kier molecular flexibility index (Phi) is 3.75. The Hall–Kier alpha value is -2.35. The van der Waals surface area contributed by atoms with Crippen LogP contribution in [-0.2, 0) is 0 Å². The second-order valence-corrected chi connectivity index (χ2v) is 4.67. The molecule has 104 valence electrons. The first-order chi connectivity index (χ1) is 9.38. The number of hydrogen-bond donors (Lipinski definition) is 2. The average molecular weight is 342 g/mol. The van der Waals surface area contributed by atoms with Crippen molar-refractivity contribution in [2.45, 2.75) is 6.92 Å². The van der Waals surface area contributed by atoms with Crippen molar-refractivity contribution < 1.29 is 29.3 Å². The second-order valence-electron chi connectivity index (χ2n) is 3.75. The first-order valence-electron chi connectivity index (χ1n) is 5.30. The molecule has 0 spiro atoms. The van der Waals surface area contributed by atoms with E-state index in [1.54, 1.807) is 18.2 Å². The van der Waals surface area contributed by atoms with Gasteiger partial charge in [0.25, 0.3) is 0 Å². The fourth-order valence-electron chi connectivity index (χ4n) is 1.70. The number of pyridine rings is 1. The summed E-state index contributed by atoms with van der Waals surface area (Å²) in [5.74, 6) is -0.450. The smallest absolute Gasteiger partial charge is 0.449 e. The molecule has 7 nitrogen and oxygen atoms in total. The summed E-state index contributed by atoms with van der Waals surface area (Å²) < 4.78 is 9.90. The van der Waals surface area contributed by atoms with Gasteiger partial charge in [-0.2, -0.15) is 0 Å². The zero-order valence-corrected chi connectivity index (χ0v) is 11.7. The monoisotopic (exact) mass is 341 g/mol. The standard InChI is InChI=1S/C12H8BrNO6/c1-5-9(19-11(15)16)10(20-12(17)18)7-4-6(13)2-3-8(7)14-5/h2-4H,1H3,(H,15,16)(H,17,18). The fraction of sp³-hybridized carbons (Fsp3) is 0.0833. The molecule has 0 aliphatic heterocycles. The highest BCUT2D eigenvalue weighted by Gasteiger charge is 2.20. The maximum Gasteiger partial charge on any atom is 0.511 e. The van der Waals surface area contributed by atoms with E-state index in [1.165, 1.54) is 6.92 Å². The van der Waals surface area contributed by atoms with Crippen molar-refractivity contribution in [3.63, 3.8) is 0 Å². The van der Waals surface area contributed by atoms with E-state index >= 15 is 0 Å². The predicted octanol–water partition coefficient (Wildman–Crippen LogP) is 3.42. The number of fused-ring (bicyclic) bond motifs is 1. The Balaban J connectivity index is 2.77. The van der Waals surface area contributed by atoms with Crippen LogP contribution in [0, 0.1) is 6.92 Å². The van der Waals surface area contributed by atoms with E-state index in [2.05, 4.69) is 30.4 Å². The van der Waals surface area contributed by atoms with Crippen LogP contribution in [0.2, 0.25) is 0 Å². The quantitative estimate of drug-likeness (QED) is 0.806. The van der Waals surface area contributed by atoms with E-state index in [-0.39, 0.29) is 17.2 Å². The third-order valence-corrected chi connectivity index (χ3v) is 2.90. The summed E-state index contributed by atoms with van der Waals surface area (Å²) in [4.78, 5) is 25.6. The van der Waals surface area contributed by atoms with Gasteiger partial charge >= 0.3 is 12.3 Å². The van der Waals surface area contributed by atoms with Crippen molar-refractivity contribution in [2.24, 2.45) is 0 Å². The van der Waals surface area contributed by atoms with Crippen LogP contribution in [0.1, 0.15) is 5.69 Å². The number of rotatable bonds is 2. The van der Waals surface area contributed by atoms with Gasteiger partial charge in [-0.05, 0) is 25.1 Å². The summed E-state index contributed by atoms with van der Waals surface area (Å²) in [5, 5.41) is 17.8. The molecule has 0 atom stereocenters. The van der Waals surface area contributed by atoms with Gasteiger partial charge in [0.05, 0.1) is 11.2 Å². The van der Waals surface area contributed by atoms with Crippen LogP contribution in [0.5, 0.6) is 11.5 Å². The van der Waals surface area contributed by atoms with E-state index in [0.717, 1.165) is 0 Å². The molecule has 0 aliphatic rings. The van der Waals surface area contributed by atoms with Gasteiger partial charge in [0.2, 0.25) is 0 Å². The van der Waals surface area contributed by atoms with Gasteiger partial charge in [-0.3, -0.25) is 0 Å². The summed E-state index contributed by atoms with van der Waals surface area (Å²) >= 11 is 3.24. The molecule has 0 radical (unpaired) electrons. The fourth-order valence-corrected chi connectivity index (χ4v) is 2.06. The molecule has 0 unspecified atom stereocenters. The molecule has 0 saturated heterocycles. The number of benzene rings is 1. The Morgan fingerprint density at radius 3 is 2.35 bits per heavy atom. The van der Waals surface area contributed by atoms with Crippen molar-refractivity contribution in [3.05, 3.63) is 28.4 Å². The van der Waals surface area contributed by atoms with Crippen molar-refractivity contribution >= 4 is 39.1 Å². The third kappa shape index (κ3) is 2.80. The summed E-state index contributed by atoms with van der Waals surface area (Å²) in [5.41, 5.74) is 0.665. The SMILES string of the molecule is Cc1nc2ccc(Br)cc2c(OC(=O)O)c1OC(=O)O. The molecule has 2 rings (SSSR count). The third-order valence-electron chi connectivity index (χ3n) is 2.40. The maximum absolute atomic E-state index is 10.8. The summed E-state index contributed by atoms with van der Waals surface area (Å²) in [6, 6.07) is 4.93. The van der Waals surface area contributed by atoms with Crippen LogP contribution in [0.3, 0.4) is 0 Å². The molecule has 1 heterocycles. The normalized spacial score (nSPS) is 10.3. The molecule has 0 fully saturated rings. The largest absolute Gasteiger partial charge is 0.511 e. The van der Waals surface area contributed by atoms with E-state index < -0.39 is 12.3 Å². The first kappa shape index (κ1) is 14.1. The molecule has 1 aromatic carbocycles. The van der Waals surface area contributed by atoms with Gasteiger partial charge in [0.1, 0.15) is 0 Å². The van der Waals surface area contributed by atoms with E-state index in [4.69, 9.17) is 10.2 Å². The highest BCUT2D eigenvalue weighted by molar-refractivity contribution is 9.10. The number of aryl methyl sites for hydroxylation is 1. The number of halogens is 1. The van der Waals surface area contributed by atoms with Crippen LogP contribution in [-0.4, -0.2) is 27.5 Å². The van der Waals surface area contributed by atoms with Gasteiger partial charge in [-0.1, -0.05) is 15.9 Å². The topological polar surface area (TPSA) is 106 Å². The van der Waals surface area contributed by atoms with Crippen LogP contribution in [0.4, 0.5) is 9.59 Å². The van der Waals surface area contributed by atoms with Crippen LogP contribution in [0.25, 0.3) is 10.9 Å². The minimum absolute atomic E-state index is 0.205. The van der Waals surface area contributed by atoms with Crippen LogP contribution in [0.15, 0.2) is 22.7 Å². The second kappa shape index (κ2) is 5.33. The predicted molar refractivity (Wildman–Crippen MR) is 71.5 cm³/mol. The summed E-state index contributed by atoms with van der Waals surface area (Å²) in [6.45, 7) is 1.49. The number of aromatic nitrogens is 1. The lowest BCUT2D eigenvalue weighted by molar-refractivity contribution is 0.133. The van der Waals surface area contributed by atoms with E-state index in [1.807, 2.05) is 0 Å². The number of nitrogens with zero attached hydrogens (tertiary/aromatic N) is 1. The summed E-state index contributed by atoms with van der Waals surface area (Å²) in [6.07, 6.45) is -3.16.